The van der Waals surface area contributed by atoms with Crippen LogP contribution in [0.2, 0.25) is 5.02 Å². The van der Waals surface area contributed by atoms with Crippen LogP contribution in [-0.2, 0) is 4.79 Å². The van der Waals surface area contributed by atoms with Crippen LogP contribution < -0.4 is 9.64 Å². The van der Waals surface area contributed by atoms with E-state index in [1.54, 1.807) is 23.1 Å². The highest BCUT2D eigenvalue weighted by Crippen LogP contribution is 2.34. The fraction of sp³-hybridized carbons (Fsp3) is 0.250. The Bertz CT molecular complexity index is 476. The fourth-order valence-corrected chi connectivity index (χ4v) is 1.89. The van der Waals surface area contributed by atoms with Gasteiger partial charge in [-0.3, -0.25) is 4.79 Å². The molecule has 0 unspecified atom stereocenters. The van der Waals surface area contributed by atoms with Crippen molar-refractivity contribution < 1.29 is 9.53 Å². The van der Waals surface area contributed by atoms with Crippen molar-refractivity contribution in [2.24, 2.45) is 0 Å². The zero-order valence-electron chi connectivity index (χ0n) is 9.15. The van der Waals surface area contributed by atoms with Gasteiger partial charge in [-0.15, -0.1) is 0 Å². The monoisotopic (exact) mass is 269 g/mol. The van der Waals surface area contributed by atoms with E-state index in [-0.39, 0.29) is 12.5 Å². The van der Waals surface area contributed by atoms with E-state index in [4.69, 9.17) is 16.3 Å². The molecule has 0 aromatic heterocycles. The zero-order valence-corrected chi connectivity index (χ0v) is 10.8. The van der Waals surface area contributed by atoms with Crippen LogP contribution in [0.15, 0.2) is 30.4 Å². The first kappa shape index (κ1) is 12.3. The van der Waals surface area contributed by atoms with Crippen LogP contribution in [0.3, 0.4) is 0 Å². The van der Waals surface area contributed by atoms with Gasteiger partial charge in [0.15, 0.2) is 6.61 Å². The lowest BCUT2D eigenvalue weighted by atomic mass is 10.2. The van der Waals surface area contributed by atoms with Crippen LogP contribution >= 0.6 is 24.2 Å². The van der Waals surface area contributed by atoms with Gasteiger partial charge in [-0.05, 0) is 23.8 Å². The second-order valence-electron chi connectivity index (χ2n) is 3.79. The topological polar surface area (TPSA) is 29.5 Å². The molecule has 1 heterocycles. The molecule has 0 saturated carbocycles. The molecule has 1 aromatic carbocycles. The van der Waals surface area contributed by atoms with Crippen molar-refractivity contribution in [3.05, 3.63) is 35.4 Å². The number of hydrogen-bond donors (Lipinski definition) is 1. The van der Waals surface area contributed by atoms with E-state index >= 15 is 0 Å². The van der Waals surface area contributed by atoms with Gasteiger partial charge in [0, 0.05) is 17.3 Å². The first-order valence-electron chi connectivity index (χ1n) is 5.12. The van der Waals surface area contributed by atoms with Gasteiger partial charge in [0.1, 0.15) is 5.75 Å². The van der Waals surface area contributed by atoms with E-state index in [0.717, 1.165) is 5.57 Å². The summed E-state index contributed by atoms with van der Waals surface area (Å²) >= 11 is 10.1. The number of carbonyl (C=O) groups is 1. The van der Waals surface area contributed by atoms with Gasteiger partial charge in [-0.25, -0.2) is 0 Å². The molecular formula is C12H12ClNO2S. The lowest BCUT2D eigenvalue weighted by Crippen LogP contribution is -2.40. The number of ether oxygens (including phenoxy) is 1. The summed E-state index contributed by atoms with van der Waals surface area (Å²) in [5, 5.41) is 0.573. The maximum Gasteiger partial charge on any atom is 0.265 e. The van der Waals surface area contributed by atoms with Crippen molar-refractivity contribution in [3.8, 4) is 5.75 Å². The average molecular weight is 270 g/mol. The molecular weight excluding hydrogens is 258 g/mol. The van der Waals surface area contributed by atoms with Crippen LogP contribution in [0.5, 0.6) is 5.75 Å². The van der Waals surface area contributed by atoms with E-state index in [9.17, 15) is 4.79 Å². The summed E-state index contributed by atoms with van der Waals surface area (Å²) in [6, 6.07) is 5.22. The van der Waals surface area contributed by atoms with Crippen LogP contribution in [0.1, 0.15) is 0 Å². The molecule has 0 spiro atoms. The predicted molar refractivity (Wildman–Crippen MR) is 72.3 cm³/mol. The highest BCUT2D eigenvalue weighted by molar-refractivity contribution is 7.80. The molecule has 0 bridgehead atoms. The third-order valence-corrected chi connectivity index (χ3v) is 3.15. The molecule has 0 aliphatic carbocycles. The standard InChI is InChI=1S/C12H12ClNO2S/c1-8(7-17)5-14-10-4-9(13)2-3-11(10)16-6-12(14)15/h2-4,17H,1,5-7H2. The van der Waals surface area contributed by atoms with Crippen molar-refractivity contribution in [1.29, 1.82) is 0 Å². The maximum atomic E-state index is 11.8. The van der Waals surface area contributed by atoms with Crippen molar-refractivity contribution >= 4 is 35.8 Å². The maximum absolute atomic E-state index is 11.8. The molecule has 1 aliphatic rings. The Morgan fingerprint density at radius 2 is 2.35 bits per heavy atom. The van der Waals surface area contributed by atoms with Gasteiger partial charge < -0.3 is 9.64 Å². The Kier molecular flexibility index (Phi) is 3.64. The van der Waals surface area contributed by atoms with Gasteiger partial charge in [-0.2, -0.15) is 12.6 Å². The van der Waals surface area contributed by atoms with E-state index in [2.05, 4.69) is 19.2 Å². The molecule has 0 radical (unpaired) electrons. The molecule has 90 valence electrons. The van der Waals surface area contributed by atoms with Gasteiger partial charge in [0.25, 0.3) is 5.91 Å². The van der Waals surface area contributed by atoms with Crippen LogP contribution in [0.4, 0.5) is 5.69 Å². The number of amides is 1. The minimum absolute atomic E-state index is 0.0501. The summed E-state index contributed by atoms with van der Waals surface area (Å²) in [6.45, 7) is 4.35. The fourth-order valence-electron chi connectivity index (χ4n) is 1.62. The number of carbonyl (C=O) groups excluding carboxylic acids is 1. The van der Waals surface area contributed by atoms with E-state index < -0.39 is 0 Å². The quantitative estimate of drug-likeness (QED) is 0.675. The number of benzene rings is 1. The second kappa shape index (κ2) is 5.02. The highest BCUT2D eigenvalue weighted by Gasteiger charge is 2.25. The minimum Gasteiger partial charge on any atom is -0.482 e. The highest BCUT2D eigenvalue weighted by atomic mass is 35.5. The number of rotatable bonds is 3. The molecule has 0 atom stereocenters. The van der Waals surface area contributed by atoms with Crippen molar-refractivity contribution in [1.82, 2.24) is 0 Å². The molecule has 2 rings (SSSR count). The molecule has 0 N–H and O–H groups in total. The smallest absolute Gasteiger partial charge is 0.265 e. The molecule has 1 aliphatic heterocycles. The summed E-state index contributed by atoms with van der Waals surface area (Å²) in [7, 11) is 0. The second-order valence-corrected chi connectivity index (χ2v) is 4.54. The normalized spacial score (nSPS) is 14.2. The predicted octanol–water partition coefficient (Wildman–Crippen LogP) is 2.55. The van der Waals surface area contributed by atoms with E-state index in [1.807, 2.05) is 0 Å². The number of fused-ring (bicyclic) bond motifs is 1. The first-order chi connectivity index (χ1) is 8.11. The van der Waals surface area contributed by atoms with Crippen molar-refractivity contribution in [3.63, 3.8) is 0 Å². The van der Waals surface area contributed by atoms with Crippen molar-refractivity contribution in [2.45, 2.75) is 0 Å². The lowest BCUT2D eigenvalue weighted by Gasteiger charge is -2.29. The number of anilines is 1. The Hall–Kier alpha value is -1.13. The third-order valence-electron chi connectivity index (χ3n) is 2.47. The first-order valence-corrected chi connectivity index (χ1v) is 6.13. The van der Waals surface area contributed by atoms with Crippen molar-refractivity contribution in [2.75, 3.05) is 23.8 Å². The lowest BCUT2D eigenvalue weighted by molar-refractivity contribution is -0.121. The largest absolute Gasteiger partial charge is 0.482 e. The molecule has 0 saturated heterocycles. The summed E-state index contributed by atoms with van der Waals surface area (Å²) in [5.74, 6) is 1.12. The number of thiol groups is 1. The van der Waals surface area contributed by atoms with Gasteiger partial charge in [0.2, 0.25) is 0 Å². The summed E-state index contributed by atoms with van der Waals surface area (Å²) in [6.07, 6.45) is 0. The third kappa shape index (κ3) is 2.58. The van der Waals surface area contributed by atoms with Gasteiger partial charge in [-0.1, -0.05) is 18.2 Å². The number of hydrogen-bond acceptors (Lipinski definition) is 3. The van der Waals surface area contributed by atoms with E-state index in [1.165, 1.54) is 0 Å². The Morgan fingerprint density at radius 3 is 3.06 bits per heavy atom. The van der Waals surface area contributed by atoms with Crippen LogP contribution in [0, 0.1) is 0 Å². The molecule has 0 fully saturated rings. The molecule has 3 nitrogen and oxygen atoms in total. The Labute approximate surface area is 110 Å². The average Bonchev–Trinajstić information content (AvgIpc) is 2.32. The number of nitrogens with zero attached hydrogens (tertiary/aromatic N) is 1. The van der Waals surface area contributed by atoms with Crippen LogP contribution in [0.25, 0.3) is 0 Å². The molecule has 17 heavy (non-hydrogen) atoms. The SMILES string of the molecule is C=C(CS)CN1C(=O)COc2ccc(Cl)cc21. The zero-order chi connectivity index (χ0) is 12.4. The summed E-state index contributed by atoms with van der Waals surface area (Å²) in [4.78, 5) is 13.4. The number of halogens is 1. The van der Waals surface area contributed by atoms with Gasteiger partial charge in [0.05, 0.1) is 5.69 Å². The Balaban J connectivity index is 2.35. The molecule has 5 heteroatoms. The molecule has 1 aromatic rings. The summed E-state index contributed by atoms with van der Waals surface area (Å²) in [5.41, 5.74) is 1.56. The van der Waals surface area contributed by atoms with Gasteiger partial charge >= 0.3 is 0 Å². The summed E-state index contributed by atoms with van der Waals surface area (Å²) < 4.78 is 5.34. The van der Waals surface area contributed by atoms with E-state index in [0.29, 0.717) is 28.8 Å². The van der Waals surface area contributed by atoms with Crippen LogP contribution in [-0.4, -0.2) is 24.8 Å². The Morgan fingerprint density at radius 1 is 1.59 bits per heavy atom. The molecule has 1 amide bonds. The minimum atomic E-state index is -0.0947.